The molecule has 2 fully saturated rings. The Morgan fingerprint density at radius 1 is 1.20 bits per heavy atom. The lowest BCUT2D eigenvalue weighted by Crippen LogP contribution is -2.42. The van der Waals surface area contributed by atoms with Gasteiger partial charge in [-0.05, 0) is 49.7 Å². The molecule has 8 heteroatoms. The van der Waals surface area contributed by atoms with Gasteiger partial charge in [0.1, 0.15) is 11.4 Å². The number of alkyl halides is 3. The van der Waals surface area contributed by atoms with E-state index in [0.717, 1.165) is 44.1 Å². The number of rotatable bonds is 3. The quantitative estimate of drug-likeness (QED) is 0.775. The molecular weight excluding hydrogens is 393 g/mol. The van der Waals surface area contributed by atoms with E-state index in [1.807, 2.05) is 0 Å². The van der Waals surface area contributed by atoms with Gasteiger partial charge in [-0.1, -0.05) is 19.8 Å². The maximum Gasteiger partial charge on any atom is 0.433 e. The van der Waals surface area contributed by atoms with Crippen LogP contribution in [-0.4, -0.2) is 33.1 Å². The summed E-state index contributed by atoms with van der Waals surface area (Å²) in [5.41, 5.74) is 1.02. The summed E-state index contributed by atoms with van der Waals surface area (Å²) < 4.78 is 39.1. The van der Waals surface area contributed by atoms with Gasteiger partial charge >= 0.3 is 6.18 Å². The standard InChI is InChI=1S/C22H27F3N4O/c1-14-4-3-6-21(14)7-10-29(11-8-21)20-17(13-30)28-19(15(2)27-20)16-5-9-26-18(12-16)22(23,24)25/h5,9,12,14,30H,3-4,6-8,10-11,13H2,1-2H3/t14-/m1/s1. The van der Waals surface area contributed by atoms with Gasteiger partial charge in [0.05, 0.1) is 18.0 Å². The molecule has 0 aromatic carbocycles. The molecule has 2 aromatic rings. The van der Waals surface area contributed by atoms with E-state index in [9.17, 15) is 18.3 Å². The summed E-state index contributed by atoms with van der Waals surface area (Å²) >= 11 is 0. The Balaban J connectivity index is 1.62. The first-order valence-electron chi connectivity index (χ1n) is 10.5. The minimum atomic E-state index is -4.53. The fourth-order valence-electron chi connectivity index (χ4n) is 5.13. The van der Waals surface area contributed by atoms with Crippen LogP contribution in [-0.2, 0) is 12.8 Å². The lowest BCUT2D eigenvalue weighted by molar-refractivity contribution is -0.141. The van der Waals surface area contributed by atoms with Crippen molar-refractivity contribution in [3.8, 4) is 11.3 Å². The summed E-state index contributed by atoms with van der Waals surface area (Å²) in [6, 6.07) is 2.46. The minimum Gasteiger partial charge on any atom is -0.390 e. The number of aliphatic hydroxyl groups excluding tert-OH is 1. The van der Waals surface area contributed by atoms with E-state index in [1.165, 1.54) is 25.3 Å². The fraction of sp³-hybridized carbons (Fsp3) is 0.591. The van der Waals surface area contributed by atoms with Crippen molar-refractivity contribution in [2.24, 2.45) is 11.3 Å². The molecule has 162 valence electrons. The Morgan fingerprint density at radius 2 is 1.93 bits per heavy atom. The number of hydrogen-bond acceptors (Lipinski definition) is 5. The number of halogens is 3. The number of hydrogen-bond donors (Lipinski definition) is 1. The highest BCUT2D eigenvalue weighted by atomic mass is 19.4. The molecule has 30 heavy (non-hydrogen) atoms. The number of nitrogens with zero attached hydrogens (tertiary/aromatic N) is 4. The fourth-order valence-corrected chi connectivity index (χ4v) is 5.13. The summed E-state index contributed by atoms with van der Waals surface area (Å²) in [5, 5.41) is 9.92. The normalized spacial score (nSPS) is 21.4. The van der Waals surface area contributed by atoms with Crippen molar-refractivity contribution >= 4 is 5.82 Å². The zero-order valence-electron chi connectivity index (χ0n) is 17.3. The number of aryl methyl sites for hydroxylation is 1. The van der Waals surface area contributed by atoms with E-state index in [1.54, 1.807) is 6.92 Å². The topological polar surface area (TPSA) is 62.1 Å². The number of anilines is 1. The predicted molar refractivity (Wildman–Crippen MR) is 108 cm³/mol. The number of pyridine rings is 1. The van der Waals surface area contributed by atoms with Gasteiger partial charge in [-0.2, -0.15) is 13.2 Å². The third-order valence-corrected chi connectivity index (χ3v) is 7.01. The van der Waals surface area contributed by atoms with Crippen molar-refractivity contribution in [2.45, 2.75) is 58.7 Å². The molecule has 1 saturated carbocycles. The molecule has 5 nitrogen and oxygen atoms in total. The van der Waals surface area contributed by atoms with Gasteiger partial charge in [-0.3, -0.25) is 4.98 Å². The van der Waals surface area contributed by atoms with Crippen molar-refractivity contribution in [3.63, 3.8) is 0 Å². The first-order valence-corrected chi connectivity index (χ1v) is 10.5. The lowest BCUT2D eigenvalue weighted by Gasteiger charge is -2.43. The van der Waals surface area contributed by atoms with Crippen LogP contribution < -0.4 is 4.90 Å². The third-order valence-electron chi connectivity index (χ3n) is 7.01. The molecule has 4 rings (SSSR count). The van der Waals surface area contributed by atoms with Crippen LogP contribution in [0, 0.1) is 18.3 Å². The molecule has 1 aliphatic heterocycles. The molecule has 1 N–H and O–H groups in total. The maximum atomic E-state index is 13.0. The zero-order chi connectivity index (χ0) is 21.5. The summed E-state index contributed by atoms with van der Waals surface area (Å²) in [4.78, 5) is 14.8. The molecule has 0 amide bonds. The van der Waals surface area contributed by atoms with Gasteiger partial charge in [0.2, 0.25) is 0 Å². The maximum absolute atomic E-state index is 13.0. The van der Waals surface area contributed by atoms with Crippen LogP contribution in [0.4, 0.5) is 19.0 Å². The van der Waals surface area contributed by atoms with E-state index in [4.69, 9.17) is 0 Å². The highest BCUT2D eigenvalue weighted by Crippen LogP contribution is 2.50. The van der Waals surface area contributed by atoms with E-state index in [0.29, 0.717) is 33.9 Å². The van der Waals surface area contributed by atoms with Crippen LogP contribution >= 0.6 is 0 Å². The highest BCUT2D eigenvalue weighted by molar-refractivity contribution is 5.64. The average molecular weight is 420 g/mol. The molecule has 0 radical (unpaired) electrons. The Morgan fingerprint density at radius 3 is 2.53 bits per heavy atom. The van der Waals surface area contributed by atoms with Gasteiger partial charge in [0, 0.05) is 24.8 Å². The Kier molecular flexibility index (Phi) is 5.46. The SMILES string of the molecule is Cc1nc(N2CCC3(CCC[C@H]3C)CC2)c(CO)nc1-c1ccnc(C(F)(F)F)c1. The summed E-state index contributed by atoms with van der Waals surface area (Å²) in [6.07, 6.45) is 2.66. The van der Waals surface area contributed by atoms with Crippen molar-refractivity contribution in [2.75, 3.05) is 18.0 Å². The predicted octanol–water partition coefficient (Wildman–Crippen LogP) is 4.76. The summed E-state index contributed by atoms with van der Waals surface area (Å²) in [7, 11) is 0. The van der Waals surface area contributed by atoms with Crippen molar-refractivity contribution in [1.82, 2.24) is 15.0 Å². The third kappa shape index (κ3) is 3.77. The van der Waals surface area contributed by atoms with Crippen LogP contribution in [0.2, 0.25) is 0 Å². The molecule has 1 aliphatic carbocycles. The molecule has 0 bridgehead atoms. The zero-order valence-corrected chi connectivity index (χ0v) is 17.3. The smallest absolute Gasteiger partial charge is 0.390 e. The van der Waals surface area contributed by atoms with Crippen LogP contribution in [0.5, 0.6) is 0 Å². The second-order valence-corrected chi connectivity index (χ2v) is 8.66. The molecule has 2 aliphatic rings. The molecular formula is C22H27F3N4O. The molecule has 1 saturated heterocycles. The lowest BCUT2D eigenvalue weighted by atomic mass is 9.71. The van der Waals surface area contributed by atoms with Crippen LogP contribution in [0.25, 0.3) is 11.3 Å². The van der Waals surface area contributed by atoms with E-state index < -0.39 is 11.9 Å². The van der Waals surface area contributed by atoms with Gasteiger partial charge in [0.25, 0.3) is 0 Å². The summed E-state index contributed by atoms with van der Waals surface area (Å²) in [5.74, 6) is 1.38. The molecule has 1 spiro atoms. The number of aliphatic hydroxyl groups is 1. The second kappa shape index (κ2) is 7.80. The number of aromatic nitrogens is 3. The van der Waals surface area contributed by atoms with Gasteiger partial charge < -0.3 is 10.0 Å². The second-order valence-electron chi connectivity index (χ2n) is 8.66. The average Bonchev–Trinajstić information content (AvgIpc) is 3.07. The van der Waals surface area contributed by atoms with Crippen molar-refractivity contribution in [1.29, 1.82) is 0 Å². The first-order chi connectivity index (χ1) is 14.2. The molecule has 1 atom stereocenters. The van der Waals surface area contributed by atoms with Crippen molar-refractivity contribution < 1.29 is 18.3 Å². The van der Waals surface area contributed by atoms with Gasteiger partial charge in [-0.15, -0.1) is 0 Å². The molecule has 0 unspecified atom stereocenters. The Bertz CT molecular complexity index is 923. The first kappa shape index (κ1) is 21.0. The van der Waals surface area contributed by atoms with Gasteiger partial charge in [-0.25, -0.2) is 9.97 Å². The molecule has 2 aromatic heterocycles. The van der Waals surface area contributed by atoms with E-state index in [-0.39, 0.29) is 6.61 Å². The monoisotopic (exact) mass is 420 g/mol. The Labute approximate surface area is 174 Å². The highest BCUT2D eigenvalue weighted by Gasteiger charge is 2.42. The van der Waals surface area contributed by atoms with Crippen LogP contribution in [0.15, 0.2) is 18.3 Å². The van der Waals surface area contributed by atoms with E-state index >= 15 is 0 Å². The van der Waals surface area contributed by atoms with Crippen LogP contribution in [0.3, 0.4) is 0 Å². The Hall–Kier alpha value is -2.22. The number of piperidine rings is 1. The van der Waals surface area contributed by atoms with Crippen LogP contribution in [0.1, 0.15) is 56.1 Å². The van der Waals surface area contributed by atoms with Crippen molar-refractivity contribution in [3.05, 3.63) is 35.4 Å². The summed E-state index contributed by atoms with van der Waals surface area (Å²) in [6.45, 7) is 5.50. The largest absolute Gasteiger partial charge is 0.433 e. The van der Waals surface area contributed by atoms with Gasteiger partial charge in [0.15, 0.2) is 5.82 Å². The minimum absolute atomic E-state index is 0.293. The van der Waals surface area contributed by atoms with E-state index in [2.05, 4.69) is 26.8 Å². The molecule has 3 heterocycles.